The Labute approximate surface area is 55.3 Å². The minimum absolute atomic E-state index is 0.769. The van der Waals surface area contributed by atoms with Crippen LogP contribution in [0.4, 0.5) is 0 Å². The average molecular weight is 131 g/mol. The minimum Gasteiger partial charge on any atom is -0.330 e. The Morgan fingerprint density at radius 3 is 2.75 bits per heavy atom. The van der Waals surface area contributed by atoms with E-state index in [2.05, 4.69) is 18.4 Å². The van der Waals surface area contributed by atoms with E-state index in [9.17, 15) is 0 Å². The molecule has 0 heterocycles. The monoisotopic (exact) mass is 131 g/mol. The second kappa shape index (κ2) is 7.05. The molecule has 0 radical (unpaired) electrons. The quantitative estimate of drug-likeness (QED) is 0.581. The lowest BCUT2D eigenvalue weighted by atomic mass is 10.4. The smallest absolute Gasteiger partial charge is 0.0110 e. The summed E-state index contributed by atoms with van der Waals surface area (Å²) in [4.78, 5) is 0. The molecule has 2 N–H and O–H groups in total. The summed E-state index contributed by atoms with van der Waals surface area (Å²) in [5.74, 6) is 1.11. The van der Waals surface area contributed by atoms with Gasteiger partial charge in [-0.1, -0.05) is 12.2 Å². The average Bonchev–Trinajstić information content (AvgIpc) is 1.81. The molecule has 0 aliphatic heterocycles. The van der Waals surface area contributed by atoms with Crippen LogP contribution in [-0.4, -0.2) is 18.6 Å². The van der Waals surface area contributed by atoms with Crippen LogP contribution in [0, 0.1) is 0 Å². The van der Waals surface area contributed by atoms with Crippen LogP contribution < -0.4 is 5.73 Å². The van der Waals surface area contributed by atoms with E-state index in [1.54, 1.807) is 0 Å². The molecule has 2 heteroatoms. The van der Waals surface area contributed by atoms with Crippen LogP contribution in [0.5, 0.6) is 0 Å². The van der Waals surface area contributed by atoms with E-state index in [-0.39, 0.29) is 0 Å². The van der Waals surface area contributed by atoms with Crippen LogP contribution >= 0.6 is 11.8 Å². The first-order chi connectivity index (χ1) is 3.91. The summed E-state index contributed by atoms with van der Waals surface area (Å²) in [5, 5.41) is 0. The van der Waals surface area contributed by atoms with Gasteiger partial charge in [0.2, 0.25) is 0 Å². The Kier molecular flexibility index (Phi) is 7.09. The van der Waals surface area contributed by atoms with Gasteiger partial charge >= 0.3 is 0 Å². The molecule has 0 fully saturated rings. The largest absolute Gasteiger partial charge is 0.330 e. The molecule has 0 aromatic heterocycles. The van der Waals surface area contributed by atoms with Crippen molar-refractivity contribution in [2.24, 2.45) is 5.73 Å². The summed E-state index contributed by atoms with van der Waals surface area (Å²) in [6.45, 7) is 0.769. The number of hydrogen-bond donors (Lipinski definition) is 1. The van der Waals surface area contributed by atoms with Crippen LogP contribution in [-0.2, 0) is 0 Å². The fourth-order valence-electron chi connectivity index (χ4n) is 0.378. The van der Waals surface area contributed by atoms with E-state index in [0.29, 0.717) is 0 Å². The first-order valence-electron chi connectivity index (χ1n) is 2.76. The van der Waals surface area contributed by atoms with Gasteiger partial charge in [-0.05, 0) is 19.2 Å². The van der Waals surface area contributed by atoms with Gasteiger partial charge in [-0.2, -0.15) is 11.8 Å². The Balaban J connectivity index is 2.83. The zero-order valence-corrected chi connectivity index (χ0v) is 6.08. The van der Waals surface area contributed by atoms with Crippen LogP contribution in [0.25, 0.3) is 0 Å². The van der Waals surface area contributed by atoms with E-state index in [4.69, 9.17) is 5.73 Å². The molecule has 8 heavy (non-hydrogen) atoms. The lowest BCUT2D eigenvalue weighted by Gasteiger charge is -1.83. The Morgan fingerprint density at radius 2 is 2.25 bits per heavy atom. The molecule has 0 aromatic carbocycles. The molecular weight excluding hydrogens is 118 g/mol. The Morgan fingerprint density at radius 1 is 1.50 bits per heavy atom. The predicted molar refractivity (Wildman–Crippen MR) is 41.2 cm³/mol. The van der Waals surface area contributed by atoms with Gasteiger partial charge < -0.3 is 5.73 Å². The highest BCUT2D eigenvalue weighted by Gasteiger charge is 1.71. The van der Waals surface area contributed by atoms with Crippen molar-refractivity contribution in [3.05, 3.63) is 12.2 Å². The topological polar surface area (TPSA) is 26.0 Å². The fraction of sp³-hybridized carbons (Fsp3) is 0.667. The molecule has 0 saturated heterocycles. The summed E-state index contributed by atoms with van der Waals surface area (Å²) in [5.41, 5.74) is 5.25. The van der Waals surface area contributed by atoms with Crippen LogP contribution in [0.3, 0.4) is 0 Å². The highest BCUT2D eigenvalue weighted by molar-refractivity contribution is 7.98. The molecule has 0 aliphatic carbocycles. The Hall–Kier alpha value is 0.0500. The molecule has 1 nitrogen and oxygen atoms in total. The highest BCUT2D eigenvalue weighted by atomic mass is 32.2. The van der Waals surface area contributed by atoms with Gasteiger partial charge in [0.15, 0.2) is 0 Å². The van der Waals surface area contributed by atoms with Crippen molar-refractivity contribution in [2.45, 2.75) is 6.42 Å². The lowest BCUT2D eigenvalue weighted by Crippen LogP contribution is -1.95. The van der Waals surface area contributed by atoms with Gasteiger partial charge in [0.1, 0.15) is 0 Å². The van der Waals surface area contributed by atoms with Gasteiger partial charge in [0.05, 0.1) is 0 Å². The van der Waals surface area contributed by atoms with Crippen molar-refractivity contribution >= 4 is 11.8 Å². The van der Waals surface area contributed by atoms with Crippen LogP contribution in [0.15, 0.2) is 12.2 Å². The summed E-state index contributed by atoms with van der Waals surface area (Å²) in [6.07, 6.45) is 7.38. The van der Waals surface area contributed by atoms with Gasteiger partial charge in [0.25, 0.3) is 0 Å². The summed E-state index contributed by atoms with van der Waals surface area (Å²) < 4.78 is 0. The van der Waals surface area contributed by atoms with Crippen molar-refractivity contribution < 1.29 is 0 Å². The highest BCUT2D eigenvalue weighted by Crippen LogP contribution is 1.91. The van der Waals surface area contributed by atoms with E-state index < -0.39 is 0 Å². The predicted octanol–water partition coefficient (Wildman–Crippen LogP) is 1.25. The molecular formula is C6H13NS. The van der Waals surface area contributed by atoms with Gasteiger partial charge in [-0.3, -0.25) is 0 Å². The summed E-state index contributed by atoms with van der Waals surface area (Å²) in [7, 11) is 0. The van der Waals surface area contributed by atoms with Crippen molar-refractivity contribution in [1.29, 1.82) is 0 Å². The molecule has 0 saturated carbocycles. The Bertz CT molecular complexity index is 53.5. The maximum absolute atomic E-state index is 5.25. The molecule has 0 amide bonds. The van der Waals surface area contributed by atoms with E-state index in [1.807, 2.05) is 11.8 Å². The zero-order valence-electron chi connectivity index (χ0n) is 5.26. The van der Waals surface area contributed by atoms with Gasteiger partial charge in [-0.25, -0.2) is 0 Å². The lowest BCUT2D eigenvalue weighted by molar-refractivity contribution is 1.01. The van der Waals surface area contributed by atoms with E-state index >= 15 is 0 Å². The van der Waals surface area contributed by atoms with Crippen molar-refractivity contribution in [2.75, 3.05) is 18.6 Å². The number of thioether (sulfide) groups is 1. The molecule has 0 rings (SSSR count). The van der Waals surface area contributed by atoms with Crippen molar-refractivity contribution in [3.8, 4) is 0 Å². The SMILES string of the molecule is CSCC=CCCN. The standard InChI is InChI=1S/C6H13NS/c1-8-6-4-2-3-5-7/h2,4H,3,5-7H2,1H3. The first kappa shape index (κ1) is 8.05. The number of rotatable bonds is 4. The second-order valence-corrected chi connectivity index (χ2v) is 2.41. The minimum atomic E-state index is 0.769. The second-order valence-electron chi connectivity index (χ2n) is 1.50. The maximum atomic E-state index is 5.25. The third kappa shape index (κ3) is 6.05. The molecule has 0 atom stereocenters. The fourth-order valence-corrected chi connectivity index (χ4v) is 0.707. The third-order valence-corrected chi connectivity index (χ3v) is 1.29. The maximum Gasteiger partial charge on any atom is 0.0110 e. The van der Waals surface area contributed by atoms with Gasteiger partial charge in [-0.15, -0.1) is 0 Å². The van der Waals surface area contributed by atoms with Crippen LogP contribution in [0.1, 0.15) is 6.42 Å². The third-order valence-electron chi connectivity index (χ3n) is 0.763. The number of nitrogens with two attached hydrogens (primary N) is 1. The molecule has 0 bridgehead atoms. The van der Waals surface area contributed by atoms with Crippen LogP contribution in [0.2, 0.25) is 0 Å². The summed E-state index contributed by atoms with van der Waals surface area (Å²) in [6, 6.07) is 0. The molecule has 0 unspecified atom stereocenters. The van der Waals surface area contributed by atoms with E-state index in [1.165, 1.54) is 0 Å². The normalized spacial score (nSPS) is 10.8. The number of hydrogen-bond acceptors (Lipinski definition) is 2. The van der Waals surface area contributed by atoms with Gasteiger partial charge in [0, 0.05) is 5.75 Å². The molecule has 0 spiro atoms. The first-order valence-corrected chi connectivity index (χ1v) is 4.15. The summed E-state index contributed by atoms with van der Waals surface area (Å²) >= 11 is 1.82. The molecule has 0 aromatic rings. The van der Waals surface area contributed by atoms with E-state index in [0.717, 1.165) is 18.7 Å². The van der Waals surface area contributed by atoms with Crippen molar-refractivity contribution in [1.82, 2.24) is 0 Å². The molecule has 48 valence electrons. The zero-order chi connectivity index (χ0) is 6.24. The van der Waals surface area contributed by atoms with Crippen molar-refractivity contribution in [3.63, 3.8) is 0 Å². The molecule has 0 aliphatic rings.